The molecule has 2 saturated heterocycles. The standard InChI is InChI=1S/C20H35NO2/c1-6-7-10-21-13-16-11-20(22-5)18(14(2)3)12-19(23-20)15(4)8-9-17(16)19/h13-15,17-18,21H,6-12H2,1-5H3/b16-13+. The Morgan fingerprint density at radius 3 is 2.83 bits per heavy atom. The van der Waals surface area contributed by atoms with Crippen LogP contribution >= 0.6 is 0 Å². The van der Waals surface area contributed by atoms with Crippen molar-refractivity contribution in [2.45, 2.75) is 77.6 Å². The summed E-state index contributed by atoms with van der Waals surface area (Å²) in [5, 5.41) is 3.56. The topological polar surface area (TPSA) is 30.5 Å². The molecule has 0 radical (unpaired) electrons. The molecule has 2 aliphatic heterocycles. The quantitative estimate of drug-likeness (QED) is 0.732. The van der Waals surface area contributed by atoms with Gasteiger partial charge in [0.25, 0.3) is 0 Å². The third-order valence-corrected chi connectivity index (χ3v) is 6.79. The Bertz CT molecular complexity index is 461. The van der Waals surface area contributed by atoms with Gasteiger partial charge in [-0.15, -0.1) is 0 Å². The lowest BCUT2D eigenvalue weighted by atomic mass is 9.77. The molecule has 1 aliphatic carbocycles. The summed E-state index contributed by atoms with van der Waals surface area (Å²) in [6.45, 7) is 10.3. The second-order valence-corrected chi connectivity index (χ2v) is 8.36. The molecule has 3 fully saturated rings. The van der Waals surface area contributed by atoms with Gasteiger partial charge in [-0.05, 0) is 49.3 Å². The fourth-order valence-electron chi connectivity index (χ4n) is 5.42. The molecule has 5 unspecified atom stereocenters. The molecule has 132 valence electrons. The maximum Gasteiger partial charge on any atom is 0.175 e. The van der Waals surface area contributed by atoms with Crippen LogP contribution in [0.5, 0.6) is 0 Å². The minimum Gasteiger partial charge on any atom is -0.391 e. The van der Waals surface area contributed by atoms with Crippen LogP contribution in [0.15, 0.2) is 11.8 Å². The lowest BCUT2D eigenvalue weighted by Crippen LogP contribution is -2.50. The highest BCUT2D eigenvalue weighted by Gasteiger charge is 2.67. The second-order valence-electron chi connectivity index (χ2n) is 8.36. The number of unbranched alkanes of at least 4 members (excludes halogenated alkanes) is 1. The Labute approximate surface area is 142 Å². The molecule has 1 saturated carbocycles. The van der Waals surface area contributed by atoms with E-state index in [1.54, 1.807) is 5.57 Å². The smallest absolute Gasteiger partial charge is 0.175 e. The Morgan fingerprint density at radius 1 is 1.39 bits per heavy atom. The zero-order valence-electron chi connectivity index (χ0n) is 15.7. The molecular formula is C20H35NO2. The van der Waals surface area contributed by atoms with E-state index in [9.17, 15) is 0 Å². The molecule has 1 N–H and O–H groups in total. The predicted octanol–water partition coefficient (Wildman–Crippen LogP) is 4.48. The van der Waals surface area contributed by atoms with Crippen molar-refractivity contribution in [3.63, 3.8) is 0 Å². The fourth-order valence-corrected chi connectivity index (χ4v) is 5.42. The summed E-state index contributed by atoms with van der Waals surface area (Å²) in [5.74, 6) is 1.90. The van der Waals surface area contributed by atoms with Gasteiger partial charge in [-0.1, -0.05) is 34.1 Å². The average Bonchev–Trinajstić information content (AvgIpc) is 3.01. The lowest BCUT2D eigenvalue weighted by Gasteiger charge is -2.45. The zero-order valence-corrected chi connectivity index (χ0v) is 15.7. The zero-order chi connectivity index (χ0) is 16.7. The Hall–Kier alpha value is -0.540. The van der Waals surface area contributed by atoms with Crippen molar-refractivity contribution in [3.8, 4) is 0 Å². The number of fused-ring (bicyclic) bond motifs is 1. The number of rotatable bonds is 6. The van der Waals surface area contributed by atoms with Crippen LogP contribution in [-0.2, 0) is 9.47 Å². The highest BCUT2D eigenvalue weighted by atomic mass is 16.7. The van der Waals surface area contributed by atoms with E-state index in [-0.39, 0.29) is 5.60 Å². The van der Waals surface area contributed by atoms with Crippen molar-refractivity contribution < 1.29 is 9.47 Å². The number of hydrogen-bond donors (Lipinski definition) is 1. The molecule has 3 aliphatic rings. The van der Waals surface area contributed by atoms with Crippen molar-refractivity contribution in [2.75, 3.05) is 13.7 Å². The third-order valence-electron chi connectivity index (χ3n) is 6.79. The van der Waals surface area contributed by atoms with Crippen LogP contribution in [0.25, 0.3) is 0 Å². The van der Waals surface area contributed by atoms with E-state index in [1.165, 1.54) is 25.7 Å². The molecule has 0 aromatic rings. The van der Waals surface area contributed by atoms with Crippen LogP contribution in [0.2, 0.25) is 0 Å². The van der Waals surface area contributed by atoms with Gasteiger partial charge in [-0.25, -0.2) is 0 Å². The van der Waals surface area contributed by atoms with Crippen molar-refractivity contribution in [2.24, 2.45) is 23.7 Å². The maximum atomic E-state index is 6.80. The minimum atomic E-state index is -0.401. The first kappa shape index (κ1) is 17.3. The van der Waals surface area contributed by atoms with Gasteiger partial charge in [-0.2, -0.15) is 0 Å². The molecule has 3 nitrogen and oxygen atoms in total. The summed E-state index contributed by atoms with van der Waals surface area (Å²) in [6, 6.07) is 0. The normalized spacial score (nSPS) is 44.1. The van der Waals surface area contributed by atoms with Gasteiger partial charge < -0.3 is 14.8 Å². The molecule has 23 heavy (non-hydrogen) atoms. The van der Waals surface area contributed by atoms with Gasteiger partial charge in [0.05, 0.1) is 5.60 Å². The molecule has 0 aromatic heterocycles. The molecule has 3 heteroatoms. The number of ether oxygens (including phenoxy) is 2. The van der Waals surface area contributed by atoms with Crippen molar-refractivity contribution in [1.82, 2.24) is 5.32 Å². The molecule has 0 aromatic carbocycles. The molecule has 5 atom stereocenters. The van der Waals surface area contributed by atoms with Crippen molar-refractivity contribution in [3.05, 3.63) is 11.8 Å². The molecule has 2 bridgehead atoms. The van der Waals surface area contributed by atoms with Crippen LogP contribution in [0.4, 0.5) is 0 Å². The van der Waals surface area contributed by atoms with E-state index in [0.717, 1.165) is 19.4 Å². The van der Waals surface area contributed by atoms with Crippen LogP contribution in [0.3, 0.4) is 0 Å². The molecule has 3 rings (SSSR count). The lowest BCUT2D eigenvalue weighted by molar-refractivity contribution is -0.282. The first-order chi connectivity index (χ1) is 11.0. The summed E-state index contributed by atoms with van der Waals surface area (Å²) in [4.78, 5) is 0. The van der Waals surface area contributed by atoms with E-state index >= 15 is 0 Å². The Balaban J connectivity index is 1.91. The first-order valence-electron chi connectivity index (χ1n) is 9.66. The van der Waals surface area contributed by atoms with Crippen molar-refractivity contribution >= 4 is 0 Å². The van der Waals surface area contributed by atoms with E-state index in [2.05, 4.69) is 39.2 Å². The second kappa shape index (κ2) is 6.40. The van der Waals surface area contributed by atoms with Crippen LogP contribution in [-0.4, -0.2) is 25.0 Å². The third kappa shape index (κ3) is 2.64. The Morgan fingerprint density at radius 2 is 2.17 bits per heavy atom. The van der Waals surface area contributed by atoms with Gasteiger partial charge in [0.2, 0.25) is 0 Å². The van der Waals surface area contributed by atoms with Gasteiger partial charge in [0.1, 0.15) is 0 Å². The largest absolute Gasteiger partial charge is 0.391 e. The SMILES string of the molecule is CCCCN/C=C1\CC2(OC)OC3(CC2C(C)C)C(C)CCC13. The Kier molecular flexibility index (Phi) is 4.81. The highest BCUT2D eigenvalue weighted by molar-refractivity contribution is 5.26. The molecule has 1 spiro atoms. The van der Waals surface area contributed by atoms with Gasteiger partial charge >= 0.3 is 0 Å². The molecule has 2 heterocycles. The monoisotopic (exact) mass is 321 g/mol. The van der Waals surface area contributed by atoms with Crippen molar-refractivity contribution in [1.29, 1.82) is 0 Å². The van der Waals surface area contributed by atoms with Crippen LogP contribution < -0.4 is 5.32 Å². The highest BCUT2D eigenvalue weighted by Crippen LogP contribution is 2.64. The first-order valence-corrected chi connectivity index (χ1v) is 9.66. The number of hydrogen-bond acceptors (Lipinski definition) is 3. The van der Waals surface area contributed by atoms with E-state index in [0.29, 0.717) is 23.7 Å². The summed E-state index contributed by atoms with van der Waals surface area (Å²) < 4.78 is 12.9. The summed E-state index contributed by atoms with van der Waals surface area (Å²) >= 11 is 0. The number of nitrogens with one attached hydrogen (secondary N) is 1. The summed E-state index contributed by atoms with van der Waals surface area (Å²) in [5.41, 5.74) is 1.56. The summed E-state index contributed by atoms with van der Waals surface area (Å²) in [6.07, 6.45) is 9.43. The van der Waals surface area contributed by atoms with Gasteiger partial charge in [0.15, 0.2) is 5.79 Å². The van der Waals surface area contributed by atoms with Gasteiger partial charge in [0, 0.05) is 31.9 Å². The minimum absolute atomic E-state index is 0.0153. The average molecular weight is 322 g/mol. The predicted molar refractivity (Wildman–Crippen MR) is 94.0 cm³/mol. The molecular weight excluding hydrogens is 286 g/mol. The summed E-state index contributed by atoms with van der Waals surface area (Å²) in [7, 11) is 1.84. The number of methoxy groups -OCH3 is 1. The fraction of sp³-hybridized carbons (Fsp3) is 0.900. The van der Waals surface area contributed by atoms with E-state index in [4.69, 9.17) is 9.47 Å². The van der Waals surface area contributed by atoms with E-state index < -0.39 is 5.79 Å². The van der Waals surface area contributed by atoms with E-state index in [1.807, 2.05) is 7.11 Å². The van der Waals surface area contributed by atoms with Crippen LogP contribution in [0.1, 0.15) is 66.2 Å². The molecule has 0 amide bonds. The van der Waals surface area contributed by atoms with Gasteiger partial charge in [-0.3, -0.25) is 0 Å². The van der Waals surface area contributed by atoms with Crippen LogP contribution in [0, 0.1) is 23.7 Å². The maximum absolute atomic E-state index is 6.80.